The average Bonchev–Trinajstić information content (AvgIpc) is 2.69. The molecule has 154 valence electrons. The van der Waals surface area contributed by atoms with Crippen LogP contribution in [0.2, 0.25) is 0 Å². The fourth-order valence-corrected chi connectivity index (χ4v) is 3.40. The molecule has 1 N–H and O–H groups in total. The Kier molecular flexibility index (Phi) is 6.95. The van der Waals surface area contributed by atoms with Gasteiger partial charge in [-0.25, -0.2) is 4.98 Å². The Hall–Kier alpha value is -2.77. The molecule has 0 spiro atoms. The maximum absolute atomic E-state index is 12.5. The molecular formula is C22H29N5O2. The predicted octanol–water partition coefficient (Wildman–Crippen LogP) is 2.06. The third kappa shape index (κ3) is 6.10. The Bertz CT molecular complexity index is 843. The number of nitrogens with zero attached hydrogens (tertiary/aromatic N) is 4. The van der Waals surface area contributed by atoms with Crippen LogP contribution in [0.1, 0.15) is 28.5 Å². The Morgan fingerprint density at radius 2 is 1.72 bits per heavy atom. The standard InChI is InChI=1S/C22H29N5O2/c1-17(28)27-13-11-26(12-14-27)16-20-5-4-6-21(23-20)24-22(29)19-9-7-18(8-10-19)15-25(2)3/h4-10H,11-16H2,1-3H3,(H,23,24,29). The first-order chi connectivity index (χ1) is 13.9. The number of hydrogen-bond donors (Lipinski definition) is 1. The SMILES string of the molecule is CC(=O)N1CCN(Cc2cccc(NC(=O)c3ccc(CN(C)C)cc3)n2)CC1. The first kappa shape index (κ1) is 21.0. The summed E-state index contributed by atoms with van der Waals surface area (Å²) in [5.41, 5.74) is 2.68. The summed E-state index contributed by atoms with van der Waals surface area (Å²) in [5, 5.41) is 2.89. The molecule has 0 aliphatic carbocycles. The van der Waals surface area contributed by atoms with Crippen LogP contribution in [0.15, 0.2) is 42.5 Å². The molecule has 7 nitrogen and oxygen atoms in total. The third-order valence-corrected chi connectivity index (χ3v) is 4.97. The first-order valence-corrected chi connectivity index (χ1v) is 9.89. The molecule has 0 radical (unpaired) electrons. The molecule has 1 fully saturated rings. The van der Waals surface area contributed by atoms with Gasteiger partial charge in [0.2, 0.25) is 5.91 Å². The van der Waals surface area contributed by atoms with Crippen LogP contribution in [0.5, 0.6) is 0 Å². The van der Waals surface area contributed by atoms with Gasteiger partial charge in [0.15, 0.2) is 0 Å². The van der Waals surface area contributed by atoms with Crippen LogP contribution in [0.25, 0.3) is 0 Å². The summed E-state index contributed by atoms with van der Waals surface area (Å²) >= 11 is 0. The van der Waals surface area contributed by atoms with Gasteiger partial charge in [-0.15, -0.1) is 0 Å². The Labute approximate surface area is 172 Å². The topological polar surface area (TPSA) is 68.8 Å². The van der Waals surface area contributed by atoms with Crippen molar-refractivity contribution in [3.63, 3.8) is 0 Å². The average molecular weight is 396 g/mol. The minimum Gasteiger partial charge on any atom is -0.340 e. The number of hydrogen-bond acceptors (Lipinski definition) is 5. The van der Waals surface area contributed by atoms with Crippen LogP contribution in [0.4, 0.5) is 5.82 Å². The summed E-state index contributed by atoms with van der Waals surface area (Å²) < 4.78 is 0. The molecule has 2 aromatic rings. The van der Waals surface area contributed by atoms with Gasteiger partial charge in [0.1, 0.15) is 5.82 Å². The summed E-state index contributed by atoms with van der Waals surface area (Å²) in [6, 6.07) is 13.3. The summed E-state index contributed by atoms with van der Waals surface area (Å²) in [7, 11) is 4.03. The zero-order valence-electron chi connectivity index (χ0n) is 17.4. The predicted molar refractivity (Wildman–Crippen MR) is 114 cm³/mol. The summed E-state index contributed by atoms with van der Waals surface area (Å²) in [4.78, 5) is 34.8. The Morgan fingerprint density at radius 3 is 2.34 bits per heavy atom. The Balaban J connectivity index is 1.57. The first-order valence-electron chi connectivity index (χ1n) is 9.89. The van der Waals surface area contributed by atoms with Crippen LogP contribution < -0.4 is 5.32 Å². The van der Waals surface area contributed by atoms with Gasteiger partial charge in [0, 0.05) is 51.8 Å². The van der Waals surface area contributed by atoms with E-state index in [-0.39, 0.29) is 11.8 Å². The number of benzene rings is 1. The number of amides is 2. The molecule has 29 heavy (non-hydrogen) atoms. The zero-order chi connectivity index (χ0) is 20.8. The molecule has 1 aliphatic rings. The van der Waals surface area contributed by atoms with Crippen molar-refractivity contribution in [2.75, 3.05) is 45.6 Å². The normalized spacial score (nSPS) is 14.8. The minimum absolute atomic E-state index is 0.127. The molecule has 0 saturated carbocycles. The van der Waals surface area contributed by atoms with Gasteiger partial charge < -0.3 is 15.1 Å². The van der Waals surface area contributed by atoms with Crippen LogP contribution in [0, 0.1) is 0 Å². The molecule has 1 aromatic heterocycles. The molecule has 3 rings (SSSR count). The van der Waals surface area contributed by atoms with Gasteiger partial charge in [-0.1, -0.05) is 18.2 Å². The molecule has 0 unspecified atom stereocenters. The molecular weight excluding hydrogens is 366 g/mol. The molecule has 0 atom stereocenters. The molecule has 1 aliphatic heterocycles. The lowest BCUT2D eigenvalue weighted by Crippen LogP contribution is -2.47. The number of rotatable bonds is 6. The van der Waals surface area contributed by atoms with Crippen LogP contribution in [-0.2, 0) is 17.9 Å². The van der Waals surface area contributed by atoms with Crippen molar-refractivity contribution in [1.29, 1.82) is 0 Å². The maximum Gasteiger partial charge on any atom is 0.256 e. The lowest BCUT2D eigenvalue weighted by atomic mass is 10.1. The van der Waals surface area contributed by atoms with Gasteiger partial charge in [0.05, 0.1) is 5.69 Å². The number of pyridine rings is 1. The number of carbonyl (C=O) groups is 2. The van der Waals surface area contributed by atoms with E-state index in [2.05, 4.69) is 20.1 Å². The lowest BCUT2D eigenvalue weighted by Gasteiger charge is -2.33. The van der Waals surface area contributed by atoms with E-state index in [0.717, 1.165) is 44.0 Å². The number of piperazine rings is 1. The second-order valence-corrected chi connectivity index (χ2v) is 7.69. The van der Waals surface area contributed by atoms with E-state index in [1.165, 1.54) is 0 Å². The van der Waals surface area contributed by atoms with Crippen LogP contribution in [0.3, 0.4) is 0 Å². The fourth-order valence-electron chi connectivity index (χ4n) is 3.40. The van der Waals surface area contributed by atoms with Crippen LogP contribution in [-0.4, -0.2) is 71.8 Å². The smallest absolute Gasteiger partial charge is 0.256 e. The van der Waals surface area contributed by atoms with Gasteiger partial charge >= 0.3 is 0 Å². The fraction of sp³-hybridized carbons (Fsp3) is 0.409. The lowest BCUT2D eigenvalue weighted by molar-refractivity contribution is -0.130. The number of carbonyl (C=O) groups excluding carboxylic acids is 2. The summed E-state index contributed by atoms with van der Waals surface area (Å²) in [6.07, 6.45) is 0. The number of aromatic nitrogens is 1. The van der Waals surface area contributed by atoms with Crippen molar-refractivity contribution in [1.82, 2.24) is 19.7 Å². The molecule has 7 heteroatoms. The molecule has 2 heterocycles. The maximum atomic E-state index is 12.5. The van der Waals surface area contributed by atoms with Gasteiger partial charge in [-0.2, -0.15) is 0 Å². The van der Waals surface area contributed by atoms with E-state index in [4.69, 9.17) is 0 Å². The molecule has 2 amide bonds. The second-order valence-electron chi connectivity index (χ2n) is 7.69. The molecule has 1 aromatic carbocycles. The van der Waals surface area contributed by atoms with Gasteiger partial charge in [-0.3, -0.25) is 14.5 Å². The van der Waals surface area contributed by atoms with E-state index in [1.54, 1.807) is 13.0 Å². The highest BCUT2D eigenvalue weighted by Crippen LogP contribution is 2.12. The number of anilines is 1. The van der Waals surface area contributed by atoms with E-state index in [1.807, 2.05) is 55.4 Å². The Morgan fingerprint density at radius 1 is 1.03 bits per heavy atom. The van der Waals surface area contributed by atoms with E-state index >= 15 is 0 Å². The van der Waals surface area contributed by atoms with E-state index in [9.17, 15) is 9.59 Å². The van der Waals surface area contributed by atoms with E-state index < -0.39 is 0 Å². The van der Waals surface area contributed by atoms with Gasteiger partial charge in [0.25, 0.3) is 5.91 Å². The van der Waals surface area contributed by atoms with Crippen molar-refractivity contribution < 1.29 is 9.59 Å². The van der Waals surface area contributed by atoms with Gasteiger partial charge in [-0.05, 0) is 43.9 Å². The molecule has 0 bridgehead atoms. The largest absolute Gasteiger partial charge is 0.340 e. The van der Waals surface area contributed by atoms with Crippen molar-refractivity contribution in [2.45, 2.75) is 20.0 Å². The monoisotopic (exact) mass is 395 g/mol. The van der Waals surface area contributed by atoms with E-state index in [0.29, 0.717) is 17.9 Å². The quantitative estimate of drug-likeness (QED) is 0.811. The highest BCUT2D eigenvalue weighted by molar-refractivity contribution is 6.03. The van der Waals surface area contributed by atoms with Crippen molar-refractivity contribution in [3.8, 4) is 0 Å². The van der Waals surface area contributed by atoms with Crippen molar-refractivity contribution in [3.05, 3.63) is 59.3 Å². The minimum atomic E-state index is -0.166. The molecule has 1 saturated heterocycles. The van der Waals surface area contributed by atoms with Crippen LogP contribution >= 0.6 is 0 Å². The number of nitrogens with one attached hydrogen (secondary N) is 1. The van der Waals surface area contributed by atoms with Crippen molar-refractivity contribution >= 4 is 17.6 Å². The third-order valence-electron chi connectivity index (χ3n) is 4.97. The highest BCUT2D eigenvalue weighted by Gasteiger charge is 2.19. The second kappa shape index (κ2) is 9.62. The summed E-state index contributed by atoms with van der Waals surface area (Å²) in [6.45, 7) is 6.31. The summed E-state index contributed by atoms with van der Waals surface area (Å²) in [5.74, 6) is 0.510. The van der Waals surface area contributed by atoms with Crippen molar-refractivity contribution in [2.24, 2.45) is 0 Å². The highest BCUT2D eigenvalue weighted by atomic mass is 16.2. The zero-order valence-corrected chi connectivity index (χ0v) is 17.4.